The second kappa shape index (κ2) is 7.83. The molecule has 1 N–H and O–H groups in total. The maximum atomic E-state index is 13.1. The molecule has 6 nitrogen and oxygen atoms in total. The van der Waals surface area contributed by atoms with Gasteiger partial charge in [-0.1, -0.05) is 36.4 Å². The first-order valence-corrected chi connectivity index (χ1v) is 9.53. The summed E-state index contributed by atoms with van der Waals surface area (Å²) in [6, 6.07) is 17.9. The van der Waals surface area contributed by atoms with Gasteiger partial charge in [-0.15, -0.1) is 0 Å². The van der Waals surface area contributed by atoms with Crippen LogP contribution in [0.25, 0.3) is 22.3 Å². The predicted octanol–water partition coefficient (Wildman–Crippen LogP) is 4.48. The molecule has 2 aromatic heterocycles. The van der Waals surface area contributed by atoms with Gasteiger partial charge in [0.1, 0.15) is 5.76 Å². The van der Waals surface area contributed by atoms with Gasteiger partial charge in [-0.3, -0.25) is 9.59 Å². The molecule has 0 saturated heterocycles. The molecule has 0 saturated carbocycles. The van der Waals surface area contributed by atoms with E-state index >= 15 is 0 Å². The summed E-state index contributed by atoms with van der Waals surface area (Å²) in [5, 5.41) is 3.26. The van der Waals surface area contributed by atoms with Crippen LogP contribution in [0.4, 0.5) is 11.5 Å². The van der Waals surface area contributed by atoms with Crippen molar-refractivity contribution < 1.29 is 9.21 Å². The van der Waals surface area contributed by atoms with Gasteiger partial charge in [0.05, 0.1) is 16.6 Å². The number of hydrogen-bond acceptors (Lipinski definition) is 5. The normalized spacial score (nSPS) is 10.8. The van der Waals surface area contributed by atoms with E-state index in [0.717, 1.165) is 5.56 Å². The quantitative estimate of drug-likeness (QED) is 0.548. The Morgan fingerprint density at radius 3 is 2.50 bits per heavy atom. The average Bonchev–Trinajstić information content (AvgIpc) is 2.76. The van der Waals surface area contributed by atoms with Crippen LogP contribution in [-0.4, -0.2) is 25.0 Å². The zero-order chi connectivity index (χ0) is 21.3. The topological polar surface area (TPSA) is 75.4 Å². The molecule has 6 heteroatoms. The van der Waals surface area contributed by atoms with E-state index in [2.05, 4.69) is 10.3 Å². The van der Waals surface area contributed by atoms with Crippen molar-refractivity contribution >= 4 is 28.4 Å². The summed E-state index contributed by atoms with van der Waals surface area (Å²) in [5.74, 6) is 0.722. The van der Waals surface area contributed by atoms with Crippen LogP contribution in [0, 0.1) is 6.92 Å². The monoisotopic (exact) mass is 399 g/mol. The zero-order valence-corrected chi connectivity index (χ0v) is 17.0. The van der Waals surface area contributed by atoms with Crippen LogP contribution in [0.3, 0.4) is 0 Å². The molecule has 2 aromatic carbocycles. The number of benzene rings is 2. The van der Waals surface area contributed by atoms with Crippen molar-refractivity contribution in [1.29, 1.82) is 0 Å². The Hall–Kier alpha value is -3.93. The lowest BCUT2D eigenvalue weighted by atomic mass is 10.0. The second-order valence-electron chi connectivity index (χ2n) is 7.16. The lowest BCUT2D eigenvalue weighted by Gasteiger charge is -2.16. The third-order valence-corrected chi connectivity index (χ3v) is 4.88. The van der Waals surface area contributed by atoms with E-state index in [0.29, 0.717) is 28.2 Å². The Balaban J connectivity index is 1.85. The molecule has 1 amide bonds. The number of carbonyl (C=O) groups excluding carboxylic acids is 1. The predicted molar refractivity (Wildman–Crippen MR) is 119 cm³/mol. The number of anilines is 2. The third kappa shape index (κ3) is 3.43. The fraction of sp³-hybridized carbons (Fsp3) is 0.125. The number of aromatic nitrogens is 1. The first-order valence-electron chi connectivity index (χ1n) is 9.53. The van der Waals surface area contributed by atoms with Gasteiger partial charge >= 0.3 is 0 Å². The molecule has 30 heavy (non-hydrogen) atoms. The fourth-order valence-corrected chi connectivity index (χ4v) is 3.39. The van der Waals surface area contributed by atoms with Gasteiger partial charge in [0.25, 0.3) is 5.91 Å². The number of rotatable bonds is 4. The molecule has 0 bridgehead atoms. The molecule has 0 fully saturated rings. The van der Waals surface area contributed by atoms with Crippen LogP contribution >= 0.6 is 0 Å². The first-order chi connectivity index (χ1) is 14.5. The molecule has 150 valence electrons. The van der Waals surface area contributed by atoms with Gasteiger partial charge in [-0.2, -0.15) is 0 Å². The van der Waals surface area contributed by atoms with Crippen LogP contribution in [0.15, 0.2) is 76.1 Å². The van der Waals surface area contributed by atoms with Gasteiger partial charge in [0.2, 0.25) is 0 Å². The van der Waals surface area contributed by atoms with E-state index in [4.69, 9.17) is 4.42 Å². The van der Waals surface area contributed by atoms with E-state index in [1.165, 1.54) is 0 Å². The van der Waals surface area contributed by atoms with Crippen LogP contribution in [0.5, 0.6) is 0 Å². The van der Waals surface area contributed by atoms with Crippen LogP contribution < -0.4 is 15.6 Å². The van der Waals surface area contributed by atoms with Gasteiger partial charge in [-0.25, -0.2) is 4.98 Å². The molecule has 4 rings (SSSR count). The summed E-state index contributed by atoms with van der Waals surface area (Å²) in [6.45, 7) is 1.74. The molecule has 2 heterocycles. The molecular weight excluding hydrogens is 378 g/mol. The highest BCUT2D eigenvalue weighted by molar-refractivity contribution is 6.12. The average molecular weight is 399 g/mol. The van der Waals surface area contributed by atoms with Crippen molar-refractivity contribution in [1.82, 2.24) is 4.98 Å². The van der Waals surface area contributed by atoms with Crippen molar-refractivity contribution in [2.75, 3.05) is 24.3 Å². The summed E-state index contributed by atoms with van der Waals surface area (Å²) >= 11 is 0. The highest BCUT2D eigenvalue weighted by Crippen LogP contribution is 2.28. The molecule has 0 aliphatic heterocycles. The second-order valence-corrected chi connectivity index (χ2v) is 7.16. The molecule has 0 aliphatic carbocycles. The molecule has 0 radical (unpaired) electrons. The minimum Gasteiger partial charge on any atom is -0.455 e. The van der Waals surface area contributed by atoms with E-state index < -0.39 is 0 Å². The number of para-hydroxylation sites is 1. The highest BCUT2D eigenvalue weighted by Gasteiger charge is 2.19. The summed E-state index contributed by atoms with van der Waals surface area (Å²) in [5.41, 5.74) is 2.26. The lowest BCUT2D eigenvalue weighted by Crippen LogP contribution is -2.18. The van der Waals surface area contributed by atoms with Crippen LogP contribution in [0.2, 0.25) is 0 Å². The van der Waals surface area contributed by atoms with Crippen molar-refractivity contribution in [3.63, 3.8) is 0 Å². The van der Waals surface area contributed by atoms with Crippen molar-refractivity contribution in [2.24, 2.45) is 0 Å². The minimum atomic E-state index is -0.372. The third-order valence-electron chi connectivity index (χ3n) is 4.88. The largest absolute Gasteiger partial charge is 0.455 e. The van der Waals surface area contributed by atoms with Gasteiger partial charge in [0.15, 0.2) is 16.8 Å². The number of pyridine rings is 1. The summed E-state index contributed by atoms with van der Waals surface area (Å²) < 4.78 is 6.14. The fourth-order valence-electron chi connectivity index (χ4n) is 3.39. The van der Waals surface area contributed by atoms with Gasteiger partial charge in [-0.05, 0) is 31.2 Å². The number of fused-ring (bicyclic) bond motifs is 1. The Morgan fingerprint density at radius 1 is 1.00 bits per heavy atom. The SMILES string of the molecule is Cc1c(-c2ccccc2)oc2c(C(=O)Nc3cccnc3N(C)C)cccc2c1=O. The van der Waals surface area contributed by atoms with E-state index in [1.807, 2.05) is 49.3 Å². The highest BCUT2D eigenvalue weighted by atomic mass is 16.3. The molecule has 0 atom stereocenters. The Morgan fingerprint density at radius 2 is 1.77 bits per heavy atom. The number of carbonyl (C=O) groups is 1. The Bertz CT molecular complexity index is 1290. The maximum absolute atomic E-state index is 13.1. The number of hydrogen-bond donors (Lipinski definition) is 1. The summed E-state index contributed by atoms with van der Waals surface area (Å²) in [4.78, 5) is 32.2. The molecule has 0 unspecified atom stereocenters. The Kier molecular flexibility index (Phi) is 5.06. The van der Waals surface area contributed by atoms with Crippen molar-refractivity contribution in [3.05, 3.63) is 88.2 Å². The zero-order valence-electron chi connectivity index (χ0n) is 17.0. The molecular formula is C24H21N3O3. The Labute approximate surface area is 173 Å². The molecule has 4 aromatic rings. The van der Waals surface area contributed by atoms with Crippen LogP contribution in [-0.2, 0) is 0 Å². The summed E-state index contributed by atoms with van der Waals surface area (Å²) in [7, 11) is 3.70. The lowest BCUT2D eigenvalue weighted by molar-refractivity contribution is 0.102. The van der Waals surface area contributed by atoms with Crippen molar-refractivity contribution in [3.8, 4) is 11.3 Å². The number of nitrogens with zero attached hydrogens (tertiary/aromatic N) is 2. The standard InChI is InChI=1S/C24H21N3O3/c1-15-20(28)17-11-7-12-18(22(17)30-21(15)16-9-5-4-6-10-16)24(29)26-19-13-8-14-25-23(19)27(2)3/h4-14H,1-3H3,(H,26,29). The van der Waals surface area contributed by atoms with Crippen LogP contribution in [0.1, 0.15) is 15.9 Å². The maximum Gasteiger partial charge on any atom is 0.259 e. The van der Waals surface area contributed by atoms with Gasteiger partial charge in [0, 0.05) is 31.4 Å². The van der Waals surface area contributed by atoms with Crippen molar-refractivity contribution in [2.45, 2.75) is 6.92 Å². The minimum absolute atomic E-state index is 0.153. The first kappa shape index (κ1) is 19.4. The number of nitrogens with one attached hydrogen (secondary N) is 1. The smallest absolute Gasteiger partial charge is 0.259 e. The summed E-state index contributed by atoms with van der Waals surface area (Å²) in [6.07, 6.45) is 1.66. The number of amides is 1. The molecule has 0 spiro atoms. The van der Waals surface area contributed by atoms with E-state index in [9.17, 15) is 9.59 Å². The molecule has 0 aliphatic rings. The van der Waals surface area contributed by atoms with E-state index in [1.54, 1.807) is 43.5 Å². The van der Waals surface area contributed by atoms with E-state index in [-0.39, 0.29) is 22.5 Å². The van der Waals surface area contributed by atoms with Gasteiger partial charge < -0.3 is 14.6 Å².